The summed E-state index contributed by atoms with van der Waals surface area (Å²) in [6.07, 6.45) is 1.02. The normalized spacial score (nSPS) is 12.2. The van der Waals surface area contributed by atoms with Crippen LogP contribution < -0.4 is 14.4 Å². The molecule has 2 aromatic carbocycles. The van der Waals surface area contributed by atoms with Crippen molar-refractivity contribution in [3.8, 4) is 5.75 Å². The van der Waals surface area contributed by atoms with Crippen molar-refractivity contribution < 1.29 is 22.7 Å². The minimum atomic E-state index is -3.88. The molecule has 0 heterocycles. The summed E-state index contributed by atoms with van der Waals surface area (Å²) < 4.78 is 31.9. The Morgan fingerprint density at radius 1 is 1.06 bits per heavy atom. The van der Waals surface area contributed by atoms with Gasteiger partial charge in [0.25, 0.3) is 0 Å². The van der Waals surface area contributed by atoms with E-state index in [1.807, 2.05) is 20.8 Å². The zero-order valence-corrected chi connectivity index (χ0v) is 23.7. The summed E-state index contributed by atoms with van der Waals surface area (Å²) in [4.78, 5) is 27.9. The van der Waals surface area contributed by atoms with E-state index in [1.165, 1.54) is 12.0 Å². The summed E-state index contributed by atoms with van der Waals surface area (Å²) in [5.74, 6) is -0.397. The smallest absolute Gasteiger partial charge is 0.244 e. The minimum Gasteiger partial charge on any atom is -0.495 e. The highest BCUT2D eigenvalue weighted by Gasteiger charge is 2.31. The van der Waals surface area contributed by atoms with Crippen LogP contribution in [0.2, 0.25) is 10.0 Å². The Morgan fingerprint density at radius 2 is 1.72 bits per heavy atom. The summed E-state index contributed by atoms with van der Waals surface area (Å²) in [7, 11) is -2.46. The summed E-state index contributed by atoms with van der Waals surface area (Å²) in [5.41, 5.74) is 1.67. The quantitative estimate of drug-likeness (QED) is 0.445. The van der Waals surface area contributed by atoms with E-state index < -0.39 is 28.5 Å². The van der Waals surface area contributed by atoms with Crippen LogP contribution in [0, 0.1) is 12.8 Å². The maximum Gasteiger partial charge on any atom is 0.244 e. The van der Waals surface area contributed by atoms with Gasteiger partial charge in [-0.25, -0.2) is 8.42 Å². The number of nitrogens with zero attached hydrogens (tertiary/aromatic N) is 2. The van der Waals surface area contributed by atoms with Crippen molar-refractivity contribution in [2.45, 2.75) is 40.3 Å². The molecule has 0 aliphatic rings. The number of hydrogen-bond donors (Lipinski definition) is 1. The second-order valence-electron chi connectivity index (χ2n) is 9.03. The lowest BCUT2D eigenvalue weighted by Crippen LogP contribution is -2.51. The lowest BCUT2D eigenvalue weighted by molar-refractivity contribution is -0.139. The van der Waals surface area contributed by atoms with Crippen molar-refractivity contribution >= 4 is 50.7 Å². The maximum absolute atomic E-state index is 13.6. The van der Waals surface area contributed by atoms with Gasteiger partial charge < -0.3 is 15.0 Å². The number of methoxy groups -OCH3 is 1. The number of carbonyl (C=O) groups excluding carboxylic acids is 2. The van der Waals surface area contributed by atoms with Crippen LogP contribution in [-0.4, -0.2) is 57.6 Å². The number of aryl methyl sites for hydroxylation is 1. The fourth-order valence-corrected chi connectivity index (χ4v) is 4.63. The third-order valence-corrected chi connectivity index (χ3v) is 7.34. The topological polar surface area (TPSA) is 96.0 Å². The molecule has 8 nitrogen and oxygen atoms in total. The molecule has 0 aliphatic carbocycles. The first-order valence-corrected chi connectivity index (χ1v) is 14.0. The molecule has 11 heteroatoms. The Morgan fingerprint density at radius 3 is 2.28 bits per heavy atom. The molecule has 0 spiro atoms. The first-order valence-electron chi connectivity index (χ1n) is 11.4. The zero-order valence-electron chi connectivity index (χ0n) is 21.3. The number of ether oxygens (including phenoxy) is 1. The molecule has 0 saturated heterocycles. The van der Waals surface area contributed by atoms with Crippen molar-refractivity contribution in [3.05, 3.63) is 57.6 Å². The Balaban J connectivity index is 2.46. The predicted octanol–water partition coefficient (Wildman–Crippen LogP) is 4.27. The van der Waals surface area contributed by atoms with Gasteiger partial charge in [0.05, 0.1) is 29.1 Å². The number of hydrogen-bond acceptors (Lipinski definition) is 5. The fourth-order valence-electron chi connectivity index (χ4n) is 3.46. The van der Waals surface area contributed by atoms with Crippen molar-refractivity contribution in [2.24, 2.45) is 5.92 Å². The average Bonchev–Trinajstić information content (AvgIpc) is 2.80. The van der Waals surface area contributed by atoms with Crippen LogP contribution >= 0.6 is 23.2 Å². The number of halogens is 2. The van der Waals surface area contributed by atoms with Crippen LogP contribution in [0.1, 0.15) is 31.9 Å². The van der Waals surface area contributed by atoms with Crippen LogP contribution in [0.5, 0.6) is 5.75 Å². The summed E-state index contributed by atoms with van der Waals surface area (Å²) in [6, 6.07) is 9.09. The van der Waals surface area contributed by atoms with Gasteiger partial charge in [-0.1, -0.05) is 49.2 Å². The molecular formula is C25H33Cl2N3O5S. The number of carbonyl (C=O) groups is 2. The second kappa shape index (κ2) is 12.7. The molecule has 198 valence electrons. The van der Waals surface area contributed by atoms with Crippen LogP contribution in [-0.2, 0) is 26.2 Å². The first kappa shape index (κ1) is 29.7. The highest BCUT2D eigenvalue weighted by molar-refractivity contribution is 7.92. The third kappa shape index (κ3) is 8.01. The number of rotatable bonds is 11. The number of amides is 2. The molecule has 36 heavy (non-hydrogen) atoms. The molecule has 1 N–H and O–H groups in total. The van der Waals surface area contributed by atoms with E-state index >= 15 is 0 Å². The molecule has 0 bridgehead atoms. The molecule has 2 aromatic rings. The van der Waals surface area contributed by atoms with Crippen molar-refractivity contribution in [1.82, 2.24) is 10.2 Å². The van der Waals surface area contributed by atoms with E-state index in [1.54, 1.807) is 43.3 Å². The monoisotopic (exact) mass is 557 g/mol. The van der Waals surface area contributed by atoms with E-state index in [0.717, 1.165) is 16.1 Å². The van der Waals surface area contributed by atoms with Gasteiger partial charge in [-0.3, -0.25) is 13.9 Å². The number of anilines is 1. The summed E-state index contributed by atoms with van der Waals surface area (Å²) >= 11 is 12.2. The molecule has 0 fully saturated rings. The van der Waals surface area contributed by atoms with Crippen LogP contribution in [0.4, 0.5) is 5.69 Å². The van der Waals surface area contributed by atoms with E-state index in [0.29, 0.717) is 27.9 Å². The van der Waals surface area contributed by atoms with Crippen molar-refractivity contribution in [3.63, 3.8) is 0 Å². The molecular weight excluding hydrogens is 525 g/mol. The molecule has 2 amide bonds. The van der Waals surface area contributed by atoms with Gasteiger partial charge >= 0.3 is 0 Å². The lowest BCUT2D eigenvalue weighted by atomic mass is 10.1. The third-order valence-electron chi connectivity index (χ3n) is 5.47. The Hall–Kier alpha value is -2.49. The molecule has 0 radical (unpaired) electrons. The number of benzene rings is 2. The highest BCUT2D eigenvalue weighted by atomic mass is 35.5. The SMILES string of the molecule is COc1ccc(C)cc1N(CC(=O)N(Cc1ccc(Cl)c(Cl)c1)[C@@H](C)C(=O)NCC(C)C)S(C)(=O)=O. The molecule has 0 aromatic heterocycles. The molecule has 0 saturated carbocycles. The average molecular weight is 559 g/mol. The fraction of sp³-hybridized carbons (Fsp3) is 0.440. The van der Waals surface area contributed by atoms with Gasteiger partial charge in [-0.2, -0.15) is 0 Å². The van der Waals surface area contributed by atoms with Gasteiger partial charge in [-0.05, 0) is 55.2 Å². The predicted molar refractivity (Wildman–Crippen MR) is 144 cm³/mol. The molecule has 0 aliphatic heterocycles. The van der Waals surface area contributed by atoms with Crippen LogP contribution in [0.25, 0.3) is 0 Å². The van der Waals surface area contributed by atoms with Gasteiger partial charge in [0.1, 0.15) is 18.3 Å². The lowest BCUT2D eigenvalue weighted by Gasteiger charge is -2.32. The maximum atomic E-state index is 13.6. The van der Waals surface area contributed by atoms with Gasteiger partial charge in [-0.15, -0.1) is 0 Å². The Kier molecular flexibility index (Phi) is 10.5. The Bertz CT molecular complexity index is 1200. The van der Waals surface area contributed by atoms with E-state index in [-0.39, 0.29) is 24.1 Å². The van der Waals surface area contributed by atoms with Crippen molar-refractivity contribution in [2.75, 3.05) is 30.8 Å². The van der Waals surface area contributed by atoms with E-state index in [4.69, 9.17) is 27.9 Å². The second-order valence-corrected chi connectivity index (χ2v) is 11.8. The largest absolute Gasteiger partial charge is 0.495 e. The van der Waals surface area contributed by atoms with E-state index in [9.17, 15) is 18.0 Å². The minimum absolute atomic E-state index is 0.0224. The van der Waals surface area contributed by atoms with Crippen LogP contribution in [0.3, 0.4) is 0 Å². The van der Waals surface area contributed by atoms with Gasteiger partial charge in [0.15, 0.2) is 0 Å². The van der Waals surface area contributed by atoms with Crippen LogP contribution in [0.15, 0.2) is 36.4 Å². The summed E-state index contributed by atoms with van der Waals surface area (Å²) in [5, 5.41) is 3.50. The van der Waals surface area contributed by atoms with Crippen molar-refractivity contribution in [1.29, 1.82) is 0 Å². The first-order chi connectivity index (χ1) is 16.7. The highest BCUT2D eigenvalue weighted by Crippen LogP contribution is 2.31. The Labute approximate surface area is 223 Å². The zero-order chi connectivity index (χ0) is 27.2. The number of sulfonamides is 1. The number of nitrogens with one attached hydrogen (secondary N) is 1. The molecule has 1 atom stereocenters. The van der Waals surface area contributed by atoms with E-state index in [2.05, 4.69) is 5.32 Å². The van der Waals surface area contributed by atoms with Gasteiger partial charge in [0, 0.05) is 13.1 Å². The standard InChI is InChI=1S/C25H33Cl2N3O5S/c1-16(2)13-28-25(32)18(4)29(14-19-8-9-20(26)21(27)12-19)24(31)15-30(36(6,33)34)22-11-17(3)7-10-23(22)35-5/h7-12,16,18H,13-15H2,1-6H3,(H,28,32)/t18-/m0/s1. The summed E-state index contributed by atoms with van der Waals surface area (Å²) in [6.45, 7) is 7.27. The molecule has 0 unspecified atom stereocenters. The molecule has 2 rings (SSSR count). The van der Waals surface area contributed by atoms with Gasteiger partial charge in [0.2, 0.25) is 21.8 Å².